The van der Waals surface area contributed by atoms with E-state index in [-0.39, 0.29) is 24.4 Å². The number of likely N-dealkylation sites (tertiary alicyclic amines) is 1. The summed E-state index contributed by atoms with van der Waals surface area (Å²) in [5, 5.41) is 12.9. The summed E-state index contributed by atoms with van der Waals surface area (Å²) in [6, 6.07) is 4.39. The first-order valence-corrected chi connectivity index (χ1v) is 7.50. The minimum Gasteiger partial charge on any atom is -0.390 e. The molecule has 0 aromatic heterocycles. The molecule has 1 aliphatic heterocycles. The van der Waals surface area contributed by atoms with Crippen LogP contribution in [0.2, 0.25) is 0 Å². The predicted octanol–water partition coefficient (Wildman–Crippen LogP) is 1.34. The highest BCUT2D eigenvalue weighted by molar-refractivity contribution is 5.74. The molecule has 0 radical (unpaired) electrons. The standard InChI is InChI=1S/C16H24FN3O2/c1-11-4-5-13(17)8-12(11)9-18-16(22)20-7-6-14(19(2)3)15(21)10-20/h4-5,8,14-15,21H,6-7,9-10H2,1-3H3,(H,18,22)/t14-,15-/m0/s1. The van der Waals surface area contributed by atoms with Crippen molar-refractivity contribution in [3.63, 3.8) is 0 Å². The molecule has 2 N–H and O–H groups in total. The molecule has 1 heterocycles. The number of hydrogen-bond acceptors (Lipinski definition) is 3. The van der Waals surface area contributed by atoms with Crippen molar-refractivity contribution in [2.75, 3.05) is 27.2 Å². The molecule has 2 amide bonds. The van der Waals surface area contributed by atoms with Gasteiger partial charge in [-0.3, -0.25) is 0 Å². The van der Waals surface area contributed by atoms with Gasteiger partial charge in [0.25, 0.3) is 0 Å². The molecule has 0 spiro atoms. The minimum atomic E-state index is -0.551. The van der Waals surface area contributed by atoms with E-state index in [9.17, 15) is 14.3 Å². The largest absolute Gasteiger partial charge is 0.390 e. The Morgan fingerprint density at radius 1 is 1.50 bits per heavy atom. The number of amides is 2. The summed E-state index contributed by atoms with van der Waals surface area (Å²) in [5.74, 6) is -0.308. The molecule has 0 saturated carbocycles. The van der Waals surface area contributed by atoms with Gasteiger partial charge in [-0.25, -0.2) is 9.18 Å². The Balaban J connectivity index is 1.89. The van der Waals surface area contributed by atoms with E-state index in [0.717, 1.165) is 17.5 Å². The van der Waals surface area contributed by atoms with Crippen LogP contribution in [0.5, 0.6) is 0 Å². The summed E-state index contributed by atoms with van der Waals surface area (Å²) < 4.78 is 13.2. The number of aryl methyl sites for hydroxylation is 1. The molecule has 0 aliphatic carbocycles. The van der Waals surface area contributed by atoms with Crippen LogP contribution in [-0.2, 0) is 6.54 Å². The zero-order valence-corrected chi connectivity index (χ0v) is 13.3. The van der Waals surface area contributed by atoms with Gasteiger partial charge in [0.1, 0.15) is 5.82 Å². The average Bonchev–Trinajstić information content (AvgIpc) is 2.47. The Labute approximate surface area is 130 Å². The van der Waals surface area contributed by atoms with Crippen LogP contribution in [0.1, 0.15) is 17.5 Å². The van der Waals surface area contributed by atoms with Gasteiger partial charge in [-0.05, 0) is 50.7 Å². The summed E-state index contributed by atoms with van der Waals surface area (Å²) >= 11 is 0. The van der Waals surface area contributed by atoms with E-state index in [1.165, 1.54) is 12.1 Å². The van der Waals surface area contributed by atoms with Gasteiger partial charge in [0.2, 0.25) is 0 Å². The fourth-order valence-corrected chi connectivity index (χ4v) is 2.82. The van der Waals surface area contributed by atoms with Crippen LogP contribution in [0.25, 0.3) is 0 Å². The second-order valence-corrected chi connectivity index (χ2v) is 6.06. The van der Waals surface area contributed by atoms with Gasteiger partial charge in [-0.1, -0.05) is 6.07 Å². The number of rotatable bonds is 3. The summed E-state index contributed by atoms with van der Waals surface area (Å²) in [6.07, 6.45) is 0.186. The second-order valence-electron chi connectivity index (χ2n) is 6.06. The Morgan fingerprint density at radius 2 is 2.23 bits per heavy atom. The summed E-state index contributed by atoms with van der Waals surface area (Å²) in [4.78, 5) is 15.8. The minimum absolute atomic E-state index is 0.0783. The smallest absolute Gasteiger partial charge is 0.317 e. The number of urea groups is 1. The van der Waals surface area contributed by atoms with Gasteiger partial charge in [0, 0.05) is 25.7 Å². The molecule has 22 heavy (non-hydrogen) atoms. The molecule has 122 valence electrons. The zero-order valence-electron chi connectivity index (χ0n) is 13.3. The Kier molecular flexibility index (Phi) is 5.37. The maximum atomic E-state index is 13.2. The van der Waals surface area contributed by atoms with Crippen molar-refractivity contribution >= 4 is 6.03 Å². The normalized spacial score (nSPS) is 22.0. The van der Waals surface area contributed by atoms with Crippen LogP contribution in [0.15, 0.2) is 18.2 Å². The Bertz CT molecular complexity index is 536. The molecular weight excluding hydrogens is 285 g/mol. The number of halogens is 1. The SMILES string of the molecule is Cc1ccc(F)cc1CNC(=O)N1CC[C@H](N(C)C)[C@@H](O)C1. The monoisotopic (exact) mass is 309 g/mol. The molecule has 0 unspecified atom stereocenters. The summed E-state index contributed by atoms with van der Waals surface area (Å²) in [5.41, 5.74) is 1.70. The van der Waals surface area contributed by atoms with E-state index in [4.69, 9.17) is 0 Å². The molecule has 0 bridgehead atoms. The molecule has 6 heteroatoms. The zero-order chi connectivity index (χ0) is 16.3. The number of aliphatic hydroxyl groups excluding tert-OH is 1. The van der Waals surface area contributed by atoms with Crippen molar-refractivity contribution in [2.24, 2.45) is 0 Å². The van der Waals surface area contributed by atoms with Crippen LogP contribution < -0.4 is 5.32 Å². The quantitative estimate of drug-likeness (QED) is 0.886. The lowest BCUT2D eigenvalue weighted by atomic mass is 10.0. The number of carbonyl (C=O) groups is 1. The van der Waals surface area contributed by atoms with Crippen LogP contribution >= 0.6 is 0 Å². The maximum absolute atomic E-state index is 13.2. The van der Waals surface area contributed by atoms with Crippen molar-refractivity contribution in [1.82, 2.24) is 15.1 Å². The van der Waals surface area contributed by atoms with Crippen LogP contribution in [0.4, 0.5) is 9.18 Å². The van der Waals surface area contributed by atoms with Gasteiger partial charge in [0.05, 0.1) is 6.10 Å². The lowest BCUT2D eigenvalue weighted by molar-refractivity contribution is 0.0167. The van der Waals surface area contributed by atoms with Gasteiger partial charge in [0.15, 0.2) is 0 Å². The fraction of sp³-hybridized carbons (Fsp3) is 0.562. The van der Waals surface area contributed by atoms with Crippen molar-refractivity contribution in [3.05, 3.63) is 35.1 Å². The van der Waals surface area contributed by atoms with E-state index in [2.05, 4.69) is 5.32 Å². The number of benzene rings is 1. The first-order chi connectivity index (χ1) is 10.4. The molecule has 1 saturated heterocycles. The highest BCUT2D eigenvalue weighted by Gasteiger charge is 2.31. The number of piperidine rings is 1. The summed E-state index contributed by atoms with van der Waals surface area (Å²) in [7, 11) is 3.85. The summed E-state index contributed by atoms with van der Waals surface area (Å²) in [6.45, 7) is 3.09. The van der Waals surface area contributed by atoms with Crippen LogP contribution in [-0.4, -0.2) is 60.3 Å². The lowest BCUT2D eigenvalue weighted by Gasteiger charge is -2.38. The van der Waals surface area contributed by atoms with Crippen molar-refractivity contribution < 1.29 is 14.3 Å². The van der Waals surface area contributed by atoms with Gasteiger partial charge in [-0.15, -0.1) is 0 Å². The van der Waals surface area contributed by atoms with E-state index in [1.807, 2.05) is 25.9 Å². The number of carbonyl (C=O) groups excluding carboxylic acids is 1. The molecule has 1 fully saturated rings. The van der Waals surface area contributed by atoms with Crippen LogP contribution in [0.3, 0.4) is 0 Å². The molecule has 1 aromatic rings. The van der Waals surface area contributed by atoms with Crippen molar-refractivity contribution in [1.29, 1.82) is 0 Å². The highest BCUT2D eigenvalue weighted by Crippen LogP contribution is 2.15. The third-order valence-corrected chi connectivity index (χ3v) is 4.24. The van der Waals surface area contributed by atoms with Gasteiger partial charge in [-0.2, -0.15) is 0 Å². The van der Waals surface area contributed by atoms with Gasteiger partial charge < -0.3 is 20.2 Å². The number of hydrogen-bond donors (Lipinski definition) is 2. The maximum Gasteiger partial charge on any atom is 0.317 e. The van der Waals surface area contributed by atoms with E-state index in [1.54, 1.807) is 11.0 Å². The van der Waals surface area contributed by atoms with E-state index < -0.39 is 6.10 Å². The fourth-order valence-electron chi connectivity index (χ4n) is 2.82. The number of nitrogens with zero attached hydrogens (tertiary/aromatic N) is 2. The Hall–Kier alpha value is -1.66. The number of β-amino-alcohol motifs (C(OH)–C–C–N with tert-alkyl or cyclic N) is 1. The van der Waals surface area contributed by atoms with E-state index >= 15 is 0 Å². The Morgan fingerprint density at radius 3 is 2.86 bits per heavy atom. The molecule has 5 nitrogen and oxygen atoms in total. The predicted molar refractivity (Wildman–Crippen MR) is 83.0 cm³/mol. The lowest BCUT2D eigenvalue weighted by Crippen LogP contribution is -2.55. The third kappa shape index (κ3) is 3.96. The molecule has 1 aliphatic rings. The number of aliphatic hydroxyl groups is 1. The second kappa shape index (κ2) is 7.07. The van der Waals surface area contributed by atoms with Crippen molar-refractivity contribution in [3.8, 4) is 0 Å². The third-order valence-electron chi connectivity index (χ3n) is 4.24. The molecular formula is C16H24FN3O2. The average molecular weight is 309 g/mol. The van der Waals surface area contributed by atoms with Gasteiger partial charge >= 0.3 is 6.03 Å². The molecule has 2 rings (SSSR count). The first kappa shape index (κ1) is 16.7. The molecule has 1 aromatic carbocycles. The first-order valence-electron chi connectivity index (χ1n) is 7.50. The highest BCUT2D eigenvalue weighted by atomic mass is 19.1. The topological polar surface area (TPSA) is 55.8 Å². The number of likely N-dealkylation sites (N-methyl/N-ethyl adjacent to an activating group) is 1. The molecule has 2 atom stereocenters. The van der Waals surface area contributed by atoms with E-state index in [0.29, 0.717) is 13.1 Å². The van der Waals surface area contributed by atoms with Crippen LogP contribution in [0, 0.1) is 12.7 Å². The number of nitrogens with one attached hydrogen (secondary N) is 1. The van der Waals surface area contributed by atoms with Crippen molar-refractivity contribution in [2.45, 2.75) is 32.0 Å².